The van der Waals surface area contributed by atoms with Crippen molar-refractivity contribution in [2.24, 2.45) is 5.92 Å². The lowest BCUT2D eigenvalue weighted by atomic mass is 9.98. The summed E-state index contributed by atoms with van der Waals surface area (Å²) in [5.41, 5.74) is 0.415. The molecule has 5 nitrogen and oxygen atoms in total. The molecule has 2 aliphatic rings. The highest BCUT2D eigenvalue weighted by Crippen LogP contribution is 2.27. The molecule has 1 aliphatic carbocycles. The smallest absolute Gasteiger partial charge is 0.255 e. The van der Waals surface area contributed by atoms with E-state index in [0.29, 0.717) is 16.0 Å². The molecule has 1 N–H and O–H groups in total. The van der Waals surface area contributed by atoms with Gasteiger partial charge in [0.2, 0.25) is 10.0 Å². The zero-order valence-electron chi connectivity index (χ0n) is 13.1. The average Bonchev–Trinajstić information content (AvgIpc) is 3.31. The number of hydrogen-bond donors (Lipinski definition) is 1. The Morgan fingerprint density at radius 2 is 1.87 bits per heavy atom. The second-order valence-corrected chi connectivity index (χ2v) is 9.08. The quantitative estimate of drug-likeness (QED) is 0.844. The summed E-state index contributed by atoms with van der Waals surface area (Å²) < 4.78 is 28.0. The number of benzene rings is 1. The number of nitrogens with one attached hydrogen (secondary N) is 1. The monoisotopic (exact) mass is 400 g/mol. The molecule has 1 amide bonds. The first-order valence-electron chi connectivity index (χ1n) is 7.98. The Morgan fingerprint density at radius 1 is 1.22 bits per heavy atom. The Kier molecular flexibility index (Phi) is 4.80. The third-order valence-corrected chi connectivity index (χ3v) is 6.66. The Balaban J connectivity index is 1.84. The Labute approximate surface area is 145 Å². The van der Waals surface area contributed by atoms with Gasteiger partial charge in [0.05, 0.1) is 10.5 Å². The number of hydrogen-bond acceptors (Lipinski definition) is 3. The van der Waals surface area contributed by atoms with E-state index >= 15 is 0 Å². The van der Waals surface area contributed by atoms with Gasteiger partial charge in [0, 0.05) is 23.6 Å². The molecule has 0 spiro atoms. The minimum atomic E-state index is -3.55. The van der Waals surface area contributed by atoms with Crippen LogP contribution in [-0.4, -0.2) is 38.4 Å². The van der Waals surface area contributed by atoms with E-state index in [0.717, 1.165) is 38.8 Å². The largest absolute Gasteiger partial charge is 0.339 e. The normalized spacial score (nSPS) is 19.8. The summed E-state index contributed by atoms with van der Waals surface area (Å²) in [5.74, 6) is 0.532. The molecule has 7 heteroatoms. The van der Waals surface area contributed by atoms with Crippen LogP contribution in [0.4, 0.5) is 0 Å². The molecule has 1 saturated carbocycles. The van der Waals surface area contributed by atoms with Gasteiger partial charge in [0.15, 0.2) is 0 Å². The molecular formula is C16H21BrN2O3S. The Bertz CT molecular complexity index is 708. The van der Waals surface area contributed by atoms with Gasteiger partial charge in [-0.3, -0.25) is 4.79 Å². The molecule has 1 saturated heterocycles. The number of amides is 1. The molecule has 1 aliphatic heterocycles. The van der Waals surface area contributed by atoms with Crippen LogP contribution in [-0.2, 0) is 10.0 Å². The number of halogens is 1. The van der Waals surface area contributed by atoms with Gasteiger partial charge in [0.1, 0.15) is 0 Å². The molecule has 0 radical (unpaired) electrons. The Hall–Kier alpha value is -0.920. The number of rotatable bonds is 4. The summed E-state index contributed by atoms with van der Waals surface area (Å²) in [7, 11) is -3.55. The number of nitrogens with zero attached hydrogens (tertiary/aromatic N) is 1. The second kappa shape index (κ2) is 6.53. The minimum absolute atomic E-state index is 0.0476. The fraction of sp³-hybridized carbons (Fsp3) is 0.562. The van der Waals surface area contributed by atoms with Crippen LogP contribution in [0.1, 0.15) is 43.0 Å². The zero-order valence-corrected chi connectivity index (χ0v) is 15.5. The molecule has 1 heterocycles. The topological polar surface area (TPSA) is 66.5 Å². The molecular weight excluding hydrogens is 380 g/mol. The standard InChI is InChI=1S/C16H21BrN2O3S/c1-11-6-8-19(9-7-11)16(20)14-10-13(4-5-15(14)17)23(21,22)18-12-2-3-12/h4-5,10-12,18H,2-3,6-9H2,1H3. The second-order valence-electron chi connectivity index (χ2n) is 6.51. The summed E-state index contributed by atoms with van der Waals surface area (Å²) in [4.78, 5) is 14.7. The summed E-state index contributed by atoms with van der Waals surface area (Å²) in [5, 5.41) is 0. The van der Waals surface area contributed by atoms with Gasteiger partial charge in [0.25, 0.3) is 5.91 Å². The summed E-state index contributed by atoms with van der Waals surface area (Å²) in [6, 6.07) is 4.70. The molecule has 23 heavy (non-hydrogen) atoms. The average molecular weight is 401 g/mol. The van der Waals surface area contributed by atoms with Crippen LogP contribution >= 0.6 is 15.9 Å². The summed E-state index contributed by atoms with van der Waals surface area (Å²) in [6.07, 6.45) is 3.75. The maximum absolute atomic E-state index is 12.7. The summed E-state index contributed by atoms with van der Waals surface area (Å²) in [6.45, 7) is 3.64. The highest BCUT2D eigenvalue weighted by Gasteiger charge is 2.29. The van der Waals surface area contributed by atoms with Crippen molar-refractivity contribution in [2.45, 2.75) is 43.5 Å². The van der Waals surface area contributed by atoms with Gasteiger partial charge in [-0.25, -0.2) is 13.1 Å². The number of piperidine rings is 1. The molecule has 2 fully saturated rings. The molecule has 1 aromatic carbocycles. The van der Waals surface area contributed by atoms with Crippen LogP contribution in [0.3, 0.4) is 0 Å². The van der Waals surface area contributed by atoms with Crippen molar-refractivity contribution in [1.29, 1.82) is 0 Å². The molecule has 0 atom stereocenters. The van der Waals surface area contributed by atoms with E-state index < -0.39 is 10.0 Å². The number of carbonyl (C=O) groups excluding carboxylic acids is 1. The Morgan fingerprint density at radius 3 is 2.48 bits per heavy atom. The first-order chi connectivity index (χ1) is 10.9. The van der Waals surface area contributed by atoms with E-state index in [-0.39, 0.29) is 16.8 Å². The van der Waals surface area contributed by atoms with Gasteiger partial charge in [-0.1, -0.05) is 6.92 Å². The highest BCUT2D eigenvalue weighted by molar-refractivity contribution is 9.10. The molecule has 0 unspecified atom stereocenters. The first kappa shape index (κ1) is 16.9. The number of likely N-dealkylation sites (tertiary alicyclic amines) is 1. The van der Waals surface area contributed by atoms with Crippen molar-refractivity contribution in [2.75, 3.05) is 13.1 Å². The predicted molar refractivity (Wildman–Crippen MR) is 91.8 cm³/mol. The van der Waals surface area contributed by atoms with Crippen LogP contribution in [0, 0.1) is 5.92 Å². The molecule has 0 bridgehead atoms. The van der Waals surface area contributed by atoms with Gasteiger partial charge in [-0.15, -0.1) is 0 Å². The lowest BCUT2D eigenvalue weighted by Crippen LogP contribution is -2.38. The number of carbonyl (C=O) groups is 1. The van der Waals surface area contributed by atoms with Gasteiger partial charge >= 0.3 is 0 Å². The molecule has 126 valence electrons. The molecule has 0 aromatic heterocycles. The fourth-order valence-corrected chi connectivity index (χ4v) is 4.45. The lowest BCUT2D eigenvalue weighted by Gasteiger charge is -2.30. The maximum atomic E-state index is 12.7. The number of sulfonamides is 1. The van der Waals surface area contributed by atoms with E-state index in [1.807, 2.05) is 4.90 Å². The predicted octanol–water partition coefficient (Wildman–Crippen LogP) is 2.76. The van der Waals surface area contributed by atoms with E-state index in [9.17, 15) is 13.2 Å². The van der Waals surface area contributed by atoms with Crippen molar-refractivity contribution in [3.05, 3.63) is 28.2 Å². The molecule has 3 rings (SSSR count). The van der Waals surface area contributed by atoms with Crippen LogP contribution in [0.5, 0.6) is 0 Å². The van der Waals surface area contributed by atoms with Crippen molar-refractivity contribution in [3.8, 4) is 0 Å². The fourth-order valence-electron chi connectivity index (χ4n) is 2.71. The van der Waals surface area contributed by atoms with Crippen LogP contribution in [0.15, 0.2) is 27.6 Å². The maximum Gasteiger partial charge on any atom is 0.255 e. The van der Waals surface area contributed by atoms with Gasteiger partial charge in [-0.05, 0) is 65.7 Å². The van der Waals surface area contributed by atoms with E-state index in [1.165, 1.54) is 12.1 Å². The minimum Gasteiger partial charge on any atom is -0.339 e. The van der Waals surface area contributed by atoms with Gasteiger partial charge < -0.3 is 4.90 Å². The van der Waals surface area contributed by atoms with Gasteiger partial charge in [-0.2, -0.15) is 0 Å². The van der Waals surface area contributed by atoms with Crippen LogP contribution in [0.25, 0.3) is 0 Å². The van der Waals surface area contributed by atoms with Crippen LogP contribution in [0.2, 0.25) is 0 Å². The van der Waals surface area contributed by atoms with E-state index in [4.69, 9.17) is 0 Å². The van der Waals surface area contributed by atoms with Crippen molar-refractivity contribution in [3.63, 3.8) is 0 Å². The SMILES string of the molecule is CC1CCN(C(=O)c2cc(S(=O)(=O)NC3CC3)ccc2Br)CC1. The third kappa shape index (κ3) is 3.95. The van der Waals surface area contributed by atoms with Crippen LogP contribution < -0.4 is 4.72 Å². The highest BCUT2D eigenvalue weighted by atomic mass is 79.9. The molecule has 1 aromatic rings. The third-order valence-electron chi connectivity index (χ3n) is 4.45. The van der Waals surface area contributed by atoms with E-state index in [2.05, 4.69) is 27.6 Å². The first-order valence-corrected chi connectivity index (χ1v) is 10.3. The van der Waals surface area contributed by atoms with Crippen molar-refractivity contribution in [1.82, 2.24) is 9.62 Å². The summed E-state index contributed by atoms with van der Waals surface area (Å²) >= 11 is 3.38. The van der Waals surface area contributed by atoms with Crippen molar-refractivity contribution < 1.29 is 13.2 Å². The van der Waals surface area contributed by atoms with Crippen molar-refractivity contribution >= 4 is 31.9 Å². The lowest BCUT2D eigenvalue weighted by molar-refractivity contribution is 0.0696. The zero-order chi connectivity index (χ0) is 16.6. The van der Waals surface area contributed by atoms with E-state index in [1.54, 1.807) is 6.07 Å².